The van der Waals surface area contributed by atoms with Gasteiger partial charge in [0.05, 0.1) is 17.8 Å². The number of fused-ring (bicyclic) bond motifs is 7. The molecule has 0 spiro atoms. The largest absolute Gasteiger partial charge is 0.455 e. The van der Waals surface area contributed by atoms with Crippen molar-refractivity contribution in [3.05, 3.63) is 182 Å². The molecule has 9 aromatic carbocycles. The van der Waals surface area contributed by atoms with Crippen molar-refractivity contribution in [3.63, 3.8) is 0 Å². The summed E-state index contributed by atoms with van der Waals surface area (Å²) < 4.78 is 123. The molecule has 0 saturated heterocycles. The van der Waals surface area contributed by atoms with Crippen molar-refractivity contribution in [2.24, 2.45) is 0 Å². The average molecular weight is 636 g/mol. The third kappa shape index (κ3) is 4.33. The summed E-state index contributed by atoms with van der Waals surface area (Å²) in [6.45, 7) is 0. The molecule has 1 aromatic heterocycles. The molecule has 10 aromatic rings. The van der Waals surface area contributed by atoms with Crippen molar-refractivity contribution in [2.45, 2.75) is 0 Å². The standard InChI is InChI=1S/C48H30O/c1-2-13-31(14-3-1)32-25-27-34(28-26-32)35-16-6-7-18-37(35)45-38-19-8-10-21-40(38)46(41-22-11-9-20-39(41)45)42-23-12-24-44-47(42)43-30-29-33-15-4-5-17-36(33)48(43)49-44/h1-30H/i4D,5D,6D,7D,12D,15D,16D,17D,18D,23D,24D,29D,30D. The Morgan fingerprint density at radius 2 is 0.918 bits per heavy atom. The van der Waals surface area contributed by atoms with Gasteiger partial charge in [-0.2, -0.15) is 0 Å². The molecule has 0 bridgehead atoms. The zero-order valence-corrected chi connectivity index (χ0v) is 25.7. The first-order chi connectivity index (χ1) is 29.7. The van der Waals surface area contributed by atoms with Crippen LogP contribution in [0.5, 0.6) is 0 Å². The van der Waals surface area contributed by atoms with Gasteiger partial charge in [0, 0.05) is 16.2 Å². The molecule has 0 N–H and O–H groups in total. The van der Waals surface area contributed by atoms with Crippen LogP contribution in [0, 0.1) is 0 Å². The van der Waals surface area contributed by atoms with Crippen LogP contribution in [0.1, 0.15) is 17.8 Å². The van der Waals surface area contributed by atoms with E-state index in [-0.39, 0.29) is 67.5 Å². The molecular formula is C48H30O. The van der Waals surface area contributed by atoms with Gasteiger partial charge in [-0.3, -0.25) is 0 Å². The second-order valence-corrected chi connectivity index (χ2v) is 11.8. The van der Waals surface area contributed by atoms with Gasteiger partial charge in [0.25, 0.3) is 0 Å². The van der Waals surface area contributed by atoms with Crippen LogP contribution in [0.25, 0.3) is 98.8 Å². The second-order valence-electron chi connectivity index (χ2n) is 11.8. The Kier molecular flexibility index (Phi) is 3.99. The van der Waals surface area contributed by atoms with E-state index in [1.807, 2.05) is 66.7 Å². The van der Waals surface area contributed by atoms with Crippen molar-refractivity contribution >= 4 is 54.3 Å². The van der Waals surface area contributed by atoms with Gasteiger partial charge >= 0.3 is 0 Å². The minimum absolute atomic E-state index is 0.0461. The highest BCUT2D eigenvalue weighted by molar-refractivity contribution is 6.27. The number of hydrogen-bond acceptors (Lipinski definition) is 1. The fraction of sp³-hybridized carbons (Fsp3) is 0. The van der Waals surface area contributed by atoms with Crippen molar-refractivity contribution in [3.8, 4) is 44.5 Å². The van der Waals surface area contributed by atoms with E-state index >= 15 is 0 Å². The topological polar surface area (TPSA) is 13.1 Å². The van der Waals surface area contributed by atoms with Crippen LogP contribution in [0.2, 0.25) is 0 Å². The summed E-state index contributed by atoms with van der Waals surface area (Å²) in [5.74, 6) is 0. The molecule has 0 radical (unpaired) electrons. The van der Waals surface area contributed by atoms with Gasteiger partial charge in [-0.15, -0.1) is 0 Å². The van der Waals surface area contributed by atoms with Gasteiger partial charge in [-0.25, -0.2) is 0 Å². The predicted molar refractivity (Wildman–Crippen MR) is 208 cm³/mol. The van der Waals surface area contributed by atoms with Crippen LogP contribution in [0.3, 0.4) is 0 Å². The lowest BCUT2D eigenvalue weighted by molar-refractivity contribution is 0.673. The molecule has 0 fully saturated rings. The lowest BCUT2D eigenvalue weighted by atomic mass is 9.83. The van der Waals surface area contributed by atoms with Crippen LogP contribution in [0.15, 0.2) is 186 Å². The van der Waals surface area contributed by atoms with Crippen molar-refractivity contribution in [1.29, 1.82) is 0 Å². The monoisotopic (exact) mass is 635 g/mol. The Labute approximate surface area is 302 Å². The molecule has 1 heteroatoms. The van der Waals surface area contributed by atoms with Gasteiger partial charge < -0.3 is 4.42 Å². The number of rotatable bonds is 4. The Morgan fingerprint density at radius 1 is 0.367 bits per heavy atom. The lowest BCUT2D eigenvalue weighted by Gasteiger charge is -2.20. The molecule has 0 unspecified atom stereocenters. The minimum Gasteiger partial charge on any atom is -0.455 e. The molecular weight excluding hydrogens is 593 g/mol. The normalized spacial score (nSPS) is 15.4. The molecule has 0 saturated carbocycles. The van der Waals surface area contributed by atoms with Crippen LogP contribution in [-0.4, -0.2) is 0 Å². The second kappa shape index (κ2) is 11.1. The molecule has 0 aliphatic heterocycles. The van der Waals surface area contributed by atoms with Crippen LogP contribution < -0.4 is 0 Å². The van der Waals surface area contributed by atoms with Gasteiger partial charge in [0.15, 0.2) is 0 Å². The summed E-state index contributed by atoms with van der Waals surface area (Å²) in [5.41, 5.74) is 3.64. The molecule has 0 amide bonds. The van der Waals surface area contributed by atoms with Crippen molar-refractivity contribution in [1.82, 2.24) is 0 Å². The highest BCUT2D eigenvalue weighted by Crippen LogP contribution is 2.48. The molecule has 0 aliphatic rings. The third-order valence-corrected chi connectivity index (χ3v) is 9.15. The number of furan rings is 1. The fourth-order valence-corrected chi connectivity index (χ4v) is 7.00. The summed E-state index contributed by atoms with van der Waals surface area (Å²) in [6.07, 6.45) is 0. The maximum atomic E-state index is 9.52. The molecule has 10 rings (SSSR count). The number of benzene rings is 9. The summed E-state index contributed by atoms with van der Waals surface area (Å²) in [7, 11) is 0. The highest BCUT2D eigenvalue weighted by Gasteiger charge is 2.22. The molecule has 1 heterocycles. The van der Waals surface area contributed by atoms with E-state index in [1.165, 1.54) is 0 Å². The van der Waals surface area contributed by atoms with Gasteiger partial charge in [0.2, 0.25) is 0 Å². The smallest absolute Gasteiger partial charge is 0.143 e. The van der Waals surface area contributed by atoms with Crippen molar-refractivity contribution < 1.29 is 22.2 Å². The first-order valence-corrected chi connectivity index (χ1v) is 15.8. The van der Waals surface area contributed by atoms with Gasteiger partial charge in [-0.05, 0) is 83.5 Å². The van der Waals surface area contributed by atoms with E-state index in [0.29, 0.717) is 38.2 Å². The van der Waals surface area contributed by atoms with E-state index in [9.17, 15) is 5.48 Å². The van der Waals surface area contributed by atoms with E-state index in [0.717, 1.165) is 11.1 Å². The van der Waals surface area contributed by atoms with Crippen LogP contribution >= 0.6 is 0 Å². The Morgan fingerprint density at radius 3 is 1.63 bits per heavy atom. The molecule has 1 nitrogen and oxygen atoms in total. The summed E-state index contributed by atoms with van der Waals surface area (Å²) >= 11 is 0. The Bertz CT molecular complexity index is 3540. The predicted octanol–water partition coefficient (Wildman–Crippen LogP) is 13.7. The van der Waals surface area contributed by atoms with E-state index in [4.69, 9.17) is 16.8 Å². The average Bonchev–Trinajstić information content (AvgIpc) is 3.69. The maximum Gasteiger partial charge on any atom is 0.143 e. The number of hydrogen-bond donors (Lipinski definition) is 0. The van der Waals surface area contributed by atoms with Gasteiger partial charge in [-0.1, -0.05) is 170 Å². The van der Waals surface area contributed by atoms with Crippen molar-refractivity contribution in [2.75, 3.05) is 0 Å². The fourth-order valence-electron chi connectivity index (χ4n) is 7.00. The first kappa shape index (κ1) is 17.6. The molecule has 49 heavy (non-hydrogen) atoms. The van der Waals surface area contributed by atoms with E-state index in [1.54, 1.807) is 36.4 Å². The lowest BCUT2D eigenvalue weighted by Crippen LogP contribution is -1.93. The molecule has 228 valence electrons. The third-order valence-electron chi connectivity index (χ3n) is 9.15. The zero-order valence-electron chi connectivity index (χ0n) is 38.7. The zero-order chi connectivity index (χ0) is 43.6. The SMILES string of the molecule is [2H]c1c([2H])c([2H])c(-c2c3ccccc3c(-c3c([2H])c([2H])c([2H])c4oc5c6c([2H])c([2H])c([2H])c([2H])c6c([2H])c([2H])c5c34)c3ccccc23)c(-c2ccc(-c3ccccc3)cc2)c1[2H]. The summed E-state index contributed by atoms with van der Waals surface area (Å²) in [5, 5.41) is 1.75. The quantitative estimate of drug-likeness (QED) is 0.175. The molecule has 0 atom stereocenters. The van der Waals surface area contributed by atoms with Crippen LogP contribution in [0.4, 0.5) is 0 Å². The molecule has 0 aliphatic carbocycles. The van der Waals surface area contributed by atoms with E-state index < -0.39 is 60.4 Å². The summed E-state index contributed by atoms with van der Waals surface area (Å²) in [4.78, 5) is 0. The van der Waals surface area contributed by atoms with E-state index in [2.05, 4.69) is 0 Å². The van der Waals surface area contributed by atoms with Gasteiger partial charge in [0.1, 0.15) is 11.2 Å². The maximum absolute atomic E-state index is 9.52. The first-order valence-electron chi connectivity index (χ1n) is 22.3. The van der Waals surface area contributed by atoms with Crippen LogP contribution in [-0.2, 0) is 0 Å². The summed E-state index contributed by atoms with van der Waals surface area (Å²) in [6, 6.07) is 25.9. The Hall–Kier alpha value is -6.44. The minimum atomic E-state index is -0.580. The highest BCUT2D eigenvalue weighted by atomic mass is 16.3. The Balaban J connectivity index is 1.37.